The largest absolute Gasteiger partial charge is 0.361 e. The smallest absolute Gasteiger partial charge is 0.146 e. The van der Waals surface area contributed by atoms with Crippen LogP contribution in [0.3, 0.4) is 0 Å². The van der Waals surface area contributed by atoms with E-state index < -0.39 is 0 Å². The number of nitrogens with zero attached hydrogens (tertiary/aromatic N) is 1. The van der Waals surface area contributed by atoms with Crippen LogP contribution in [0.25, 0.3) is 0 Å². The zero-order valence-electron chi connectivity index (χ0n) is 11.6. The fourth-order valence-electron chi connectivity index (χ4n) is 1.58. The zero-order chi connectivity index (χ0) is 13.7. The quantitative estimate of drug-likeness (QED) is 0.842. The molecule has 0 unspecified atom stereocenters. The minimum Gasteiger partial charge on any atom is -0.361 e. The van der Waals surface area contributed by atoms with Gasteiger partial charge in [0.05, 0.1) is 11.9 Å². The Hall–Kier alpha value is -1.26. The molecule has 102 valence electrons. The third kappa shape index (κ3) is 5.09. The molecule has 1 N–H and O–H groups in total. The second kappa shape index (κ2) is 6.26. The molecule has 0 aliphatic heterocycles. The van der Waals surface area contributed by atoms with Crippen LogP contribution in [0.4, 0.5) is 0 Å². The molecule has 0 spiro atoms. The van der Waals surface area contributed by atoms with Crippen molar-refractivity contribution in [3.8, 4) is 0 Å². The molecule has 4 heteroatoms. The van der Waals surface area contributed by atoms with E-state index in [0.29, 0.717) is 0 Å². The van der Waals surface area contributed by atoms with Gasteiger partial charge in [-0.1, -0.05) is 17.3 Å². The lowest BCUT2D eigenvalue weighted by Gasteiger charge is -2.20. The van der Waals surface area contributed by atoms with Crippen LogP contribution >= 0.6 is 11.8 Å². The first-order chi connectivity index (χ1) is 9.03. The lowest BCUT2D eigenvalue weighted by Crippen LogP contribution is -2.35. The average Bonchev–Trinajstić information content (AvgIpc) is 2.87. The number of nitrogens with one attached hydrogen (secondary N) is 1. The molecule has 0 bridgehead atoms. The second-order valence-corrected chi connectivity index (χ2v) is 6.57. The van der Waals surface area contributed by atoms with Crippen molar-refractivity contribution in [2.45, 2.75) is 43.5 Å². The topological polar surface area (TPSA) is 38.1 Å². The molecule has 19 heavy (non-hydrogen) atoms. The number of benzene rings is 1. The van der Waals surface area contributed by atoms with Crippen molar-refractivity contribution >= 4 is 11.8 Å². The first-order valence-electron chi connectivity index (χ1n) is 6.39. The first kappa shape index (κ1) is 14.2. The first-order valence-corrected chi connectivity index (χ1v) is 7.38. The van der Waals surface area contributed by atoms with Gasteiger partial charge in [-0.2, -0.15) is 0 Å². The highest BCUT2D eigenvalue weighted by Gasteiger charge is 2.08. The summed E-state index contributed by atoms with van der Waals surface area (Å²) in [7, 11) is 0. The van der Waals surface area contributed by atoms with Crippen molar-refractivity contribution in [3.05, 3.63) is 47.9 Å². The predicted octanol–water partition coefficient (Wildman–Crippen LogP) is 3.86. The van der Waals surface area contributed by atoms with Crippen LogP contribution in [-0.4, -0.2) is 10.7 Å². The summed E-state index contributed by atoms with van der Waals surface area (Å²) in [4.78, 5) is 1.25. The van der Waals surface area contributed by atoms with E-state index in [0.717, 1.165) is 18.1 Å². The minimum atomic E-state index is 0.142. The Morgan fingerprint density at radius 1 is 1.26 bits per heavy atom. The number of aromatic nitrogens is 1. The molecular formula is C15H20N2OS. The molecule has 0 aliphatic rings. The molecule has 0 amide bonds. The van der Waals surface area contributed by atoms with Crippen molar-refractivity contribution in [1.82, 2.24) is 10.5 Å². The summed E-state index contributed by atoms with van der Waals surface area (Å²) in [5.74, 6) is 1.72. The Morgan fingerprint density at radius 2 is 2.11 bits per heavy atom. The van der Waals surface area contributed by atoms with Gasteiger partial charge in [0.25, 0.3) is 0 Å². The van der Waals surface area contributed by atoms with E-state index in [1.807, 2.05) is 6.07 Å². The maximum absolute atomic E-state index is 5.09. The van der Waals surface area contributed by atoms with Crippen molar-refractivity contribution in [2.75, 3.05) is 0 Å². The average molecular weight is 276 g/mol. The monoisotopic (exact) mass is 276 g/mol. The lowest BCUT2D eigenvalue weighted by atomic mass is 10.1. The van der Waals surface area contributed by atoms with Crippen LogP contribution in [-0.2, 0) is 12.3 Å². The van der Waals surface area contributed by atoms with E-state index >= 15 is 0 Å². The molecule has 1 heterocycles. The zero-order valence-corrected chi connectivity index (χ0v) is 12.5. The van der Waals surface area contributed by atoms with Crippen molar-refractivity contribution in [2.24, 2.45) is 0 Å². The van der Waals surface area contributed by atoms with E-state index in [1.54, 1.807) is 18.0 Å². The van der Waals surface area contributed by atoms with Crippen LogP contribution in [0, 0.1) is 0 Å². The molecule has 0 aliphatic carbocycles. The van der Waals surface area contributed by atoms with Gasteiger partial charge in [0, 0.05) is 23.0 Å². The molecule has 2 aromatic rings. The van der Waals surface area contributed by atoms with Gasteiger partial charge in [0.2, 0.25) is 0 Å². The molecule has 0 saturated carbocycles. The SMILES string of the molecule is CC(C)(C)NCc1cccc(SCc2ccno2)c1. The molecule has 0 saturated heterocycles. The summed E-state index contributed by atoms with van der Waals surface area (Å²) in [6.45, 7) is 7.42. The highest BCUT2D eigenvalue weighted by atomic mass is 32.2. The number of thioether (sulfide) groups is 1. The Bertz CT molecular complexity index is 503. The van der Waals surface area contributed by atoms with Crippen molar-refractivity contribution < 1.29 is 4.52 Å². The summed E-state index contributed by atoms with van der Waals surface area (Å²) in [5.41, 5.74) is 1.45. The number of hydrogen-bond acceptors (Lipinski definition) is 4. The molecule has 3 nitrogen and oxygen atoms in total. The molecule has 0 radical (unpaired) electrons. The normalized spacial score (nSPS) is 11.7. The fraction of sp³-hybridized carbons (Fsp3) is 0.400. The minimum absolute atomic E-state index is 0.142. The van der Waals surface area contributed by atoms with Gasteiger partial charge in [-0.3, -0.25) is 0 Å². The highest BCUT2D eigenvalue weighted by Crippen LogP contribution is 2.23. The van der Waals surface area contributed by atoms with Crippen LogP contribution in [0.5, 0.6) is 0 Å². The Kier molecular flexibility index (Phi) is 4.66. The molecule has 1 aromatic heterocycles. The van der Waals surface area contributed by atoms with Gasteiger partial charge in [-0.05, 0) is 38.5 Å². The van der Waals surface area contributed by atoms with Crippen LogP contribution in [0.15, 0.2) is 45.9 Å². The maximum atomic E-state index is 5.09. The van der Waals surface area contributed by atoms with E-state index in [2.05, 4.69) is 55.5 Å². The Labute approximate surface area is 118 Å². The van der Waals surface area contributed by atoms with Crippen molar-refractivity contribution in [1.29, 1.82) is 0 Å². The molecule has 2 rings (SSSR count). The van der Waals surface area contributed by atoms with Crippen LogP contribution in [0.1, 0.15) is 32.1 Å². The van der Waals surface area contributed by atoms with Gasteiger partial charge in [-0.25, -0.2) is 0 Å². The van der Waals surface area contributed by atoms with Gasteiger partial charge in [0.1, 0.15) is 5.76 Å². The molecule has 0 atom stereocenters. The number of hydrogen-bond donors (Lipinski definition) is 1. The Balaban J connectivity index is 1.91. The van der Waals surface area contributed by atoms with E-state index in [1.165, 1.54) is 10.5 Å². The van der Waals surface area contributed by atoms with E-state index in [-0.39, 0.29) is 5.54 Å². The molecule has 0 fully saturated rings. The third-order valence-electron chi connectivity index (χ3n) is 2.59. The van der Waals surface area contributed by atoms with E-state index in [4.69, 9.17) is 4.52 Å². The van der Waals surface area contributed by atoms with Crippen LogP contribution < -0.4 is 5.32 Å². The molecule has 1 aromatic carbocycles. The van der Waals surface area contributed by atoms with Crippen LogP contribution in [0.2, 0.25) is 0 Å². The summed E-state index contributed by atoms with van der Waals surface area (Å²) < 4.78 is 5.09. The fourth-order valence-corrected chi connectivity index (χ4v) is 2.45. The second-order valence-electron chi connectivity index (χ2n) is 5.52. The summed E-state index contributed by atoms with van der Waals surface area (Å²) >= 11 is 1.76. The van der Waals surface area contributed by atoms with Gasteiger partial charge >= 0.3 is 0 Å². The summed E-state index contributed by atoms with van der Waals surface area (Å²) in [6.07, 6.45) is 1.68. The Morgan fingerprint density at radius 3 is 2.79 bits per heavy atom. The predicted molar refractivity (Wildman–Crippen MR) is 79.1 cm³/mol. The standard InChI is InChI=1S/C15H20N2OS/c1-15(2,3)16-10-12-5-4-6-14(9-12)19-11-13-7-8-17-18-13/h4-9,16H,10-11H2,1-3H3. The maximum Gasteiger partial charge on any atom is 0.146 e. The van der Waals surface area contributed by atoms with Crippen molar-refractivity contribution in [3.63, 3.8) is 0 Å². The van der Waals surface area contributed by atoms with Gasteiger partial charge < -0.3 is 9.84 Å². The third-order valence-corrected chi connectivity index (χ3v) is 3.61. The van der Waals surface area contributed by atoms with E-state index in [9.17, 15) is 0 Å². The van der Waals surface area contributed by atoms with Gasteiger partial charge in [0.15, 0.2) is 0 Å². The highest BCUT2D eigenvalue weighted by molar-refractivity contribution is 7.98. The number of rotatable bonds is 5. The molecular weight excluding hydrogens is 256 g/mol. The summed E-state index contributed by atoms with van der Waals surface area (Å²) in [5, 5.41) is 7.21. The van der Waals surface area contributed by atoms with Gasteiger partial charge in [-0.15, -0.1) is 11.8 Å². The summed E-state index contributed by atoms with van der Waals surface area (Å²) in [6, 6.07) is 10.5. The lowest BCUT2D eigenvalue weighted by molar-refractivity contribution is 0.395.